The molecule has 1 N–H and O–H groups in total. The van der Waals surface area contributed by atoms with Gasteiger partial charge in [0.05, 0.1) is 6.61 Å². The van der Waals surface area contributed by atoms with E-state index < -0.39 is 51.3 Å². The van der Waals surface area contributed by atoms with Crippen molar-refractivity contribution in [2.24, 2.45) is 0 Å². The predicted molar refractivity (Wildman–Crippen MR) is 95.8 cm³/mol. The maximum atomic E-state index is 15.1. The van der Waals surface area contributed by atoms with E-state index in [1.54, 1.807) is 4.72 Å². The van der Waals surface area contributed by atoms with Crippen molar-refractivity contribution in [1.82, 2.24) is 4.72 Å². The fourth-order valence-electron chi connectivity index (χ4n) is 2.18. The molecule has 1 unspecified atom stereocenters. The Morgan fingerprint density at radius 1 is 1.29 bits per heavy atom. The van der Waals surface area contributed by atoms with Crippen LogP contribution >= 0.6 is 0 Å². The molecule has 0 aliphatic carbocycles. The molecule has 0 radical (unpaired) electrons. The summed E-state index contributed by atoms with van der Waals surface area (Å²) in [5.41, 5.74) is -4.78. The van der Waals surface area contributed by atoms with Crippen molar-refractivity contribution < 1.29 is 36.0 Å². The van der Waals surface area contributed by atoms with Crippen LogP contribution in [-0.2, 0) is 26.4 Å². The molecule has 0 saturated carbocycles. The van der Waals surface area contributed by atoms with Gasteiger partial charge in [0, 0.05) is 23.0 Å². The van der Waals surface area contributed by atoms with Crippen LogP contribution in [0.1, 0.15) is 33.3 Å². The Labute approximate surface area is 163 Å². The van der Waals surface area contributed by atoms with Gasteiger partial charge < -0.3 is 9.29 Å². The van der Waals surface area contributed by atoms with Crippen LogP contribution < -0.4 is 4.72 Å². The summed E-state index contributed by atoms with van der Waals surface area (Å²) in [6, 6.07) is 3.73. The van der Waals surface area contributed by atoms with Crippen LogP contribution in [0.2, 0.25) is 0 Å². The molecule has 4 nitrogen and oxygen atoms in total. The minimum atomic E-state index is -4.52. The molecule has 0 fully saturated rings. The number of hydrogen-bond acceptors (Lipinski definition) is 4. The van der Waals surface area contributed by atoms with Gasteiger partial charge in [0.25, 0.3) is 12.3 Å². The van der Waals surface area contributed by atoms with Gasteiger partial charge in [-0.1, -0.05) is 18.2 Å². The third kappa shape index (κ3) is 5.24. The molecule has 10 heteroatoms. The molecule has 1 aromatic rings. The van der Waals surface area contributed by atoms with Gasteiger partial charge in [0.15, 0.2) is 0 Å². The molecule has 0 saturated heterocycles. The summed E-state index contributed by atoms with van der Waals surface area (Å²) in [5.74, 6) is -7.04. The molecule has 1 aromatic carbocycles. The third-order valence-corrected chi connectivity index (χ3v) is 5.30. The zero-order chi connectivity index (χ0) is 21.8. The maximum Gasteiger partial charge on any atom is 0.330 e. The summed E-state index contributed by atoms with van der Waals surface area (Å²) in [5, 5.41) is 0. The largest absolute Gasteiger partial charge is 0.598 e. The lowest BCUT2D eigenvalue weighted by atomic mass is 9.84. The number of hydrogen-bond donors (Lipinski definition) is 1. The number of ether oxygens (including phenoxy) is 1. The van der Waals surface area contributed by atoms with Gasteiger partial charge in [-0.25, -0.2) is 18.0 Å². The maximum absolute atomic E-state index is 15.1. The molecule has 0 spiro atoms. The third-order valence-electron chi connectivity index (χ3n) is 3.68. The Kier molecular flexibility index (Phi) is 8.04. The minimum Gasteiger partial charge on any atom is -0.598 e. The van der Waals surface area contributed by atoms with Gasteiger partial charge in [-0.15, -0.1) is 4.72 Å². The predicted octanol–water partition coefficient (Wildman–Crippen LogP) is 4.09. The van der Waals surface area contributed by atoms with Crippen molar-refractivity contribution in [1.29, 1.82) is 0 Å². The van der Waals surface area contributed by atoms with E-state index in [0.29, 0.717) is 0 Å². The van der Waals surface area contributed by atoms with Crippen molar-refractivity contribution in [2.45, 2.75) is 50.3 Å². The van der Waals surface area contributed by atoms with Crippen LogP contribution in [0.4, 0.5) is 22.0 Å². The number of benzene rings is 1. The monoisotopic (exact) mass is 427 g/mol. The Hall–Kier alpha value is -1.65. The van der Waals surface area contributed by atoms with Crippen LogP contribution in [0.5, 0.6) is 0 Å². The van der Waals surface area contributed by atoms with Gasteiger partial charge >= 0.3 is 5.97 Å². The Bertz CT molecular complexity index is 709. The number of halogens is 5. The van der Waals surface area contributed by atoms with E-state index in [1.807, 2.05) is 0 Å². The zero-order valence-corrected chi connectivity index (χ0v) is 16.6. The molecule has 28 heavy (non-hydrogen) atoms. The molecule has 0 aliphatic rings. The van der Waals surface area contributed by atoms with E-state index >= 15 is 8.78 Å². The van der Waals surface area contributed by atoms with Crippen LogP contribution in [0, 0.1) is 5.82 Å². The summed E-state index contributed by atoms with van der Waals surface area (Å²) in [4.78, 5) is 11.4. The summed E-state index contributed by atoms with van der Waals surface area (Å²) in [7, 11) is 0. The minimum absolute atomic E-state index is 0.101. The highest BCUT2D eigenvalue weighted by atomic mass is 32.2. The molecular formula is C18H22F5NO3S. The van der Waals surface area contributed by atoms with E-state index in [4.69, 9.17) is 0 Å². The number of alkyl halides is 4. The fourth-order valence-corrected chi connectivity index (χ4v) is 3.12. The summed E-state index contributed by atoms with van der Waals surface area (Å²) >= 11 is -2.43. The highest BCUT2D eigenvalue weighted by Crippen LogP contribution is 2.45. The summed E-state index contributed by atoms with van der Waals surface area (Å²) in [6.07, 6.45) is -3.71. The van der Waals surface area contributed by atoms with Crippen LogP contribution in [0.3, 0.4) is 0 Å². The molecule has 0 aromatic heterocycles. The molecule has 0 heterocycles. The average molecular weight is 427 g/mol. The number of carbonyl (C=O) groups is 1. The second-order valence-electron chi connectivity index (χ2n) is 6.78. The highest BCUT2D eigenvalue weighted by Gasteiger charge is 2.64. The zero-order valence-electron chi connectivity index (χ0n) is 15.8. The van der Waals surface area contributed by atoms with Crippen molar-refractivity contribution in [2.75, 3.05) is 6.61 Å². The SMILES string of the molecule is CCOC(=O)C=CC(F)(F)C(N[S@+]([O-])C(C)(C)C)(c1ccccc1F)C(F)F. The van der Waals surface area contributed by atoms with Crippen LogP contribution in [0.25, 0.3) is 0 Å². The Balaban J connectivity index is 3.65. The number of esters is 1. The second kappa shape index (κ2) is 9.23. The fraction of sp³-hybridized carbons (Fsp3) is 0.500. The molecule has 0 aliphatic heterocycles. The number of nitrogens with one attached hydrogen (secondary N) is 1. The molecule has 2 atom stereocenters. The standard InChI is InChI=1S/C18H22F5NO3S/c1-5-27-14(25)10-11-17(22,23)18(15(20)21,24-28(26)16(2,3)4)12-8-6-7-9-13(12)19/h6-11,15,24H,5H2,1-4H3/t18?,28-/m1/s1. The quantitative estimate of drug-likeness (QED) is 0.294. The molecular weight excluding hydrogens is 405 g/mol. The Morgan fingerprint density at radius 2 is 1.86 bits per heavy atom. The van der Waals surface area contributed by atoms with Gasteiger partial charge in [0.2, 0.25) is 5.54 Å². The molecule has 0 bridgehead atoms. The van der Waals surface area contributed by atoms with E-state index in [0.717, 1.165) is 24.3 Å². The lowest BCUT2D eigenvalue weighted by Gasteiger charge is -2.40. The lowest BCUT2D eigenvalue weighted by molar-refractivity contribution is -0.138. The highest BCUT2D eigenvalue weighted by molar-refractivity contribution is 7.90. The number of carbonyl (C=O) groups excluding carboxylic acids is 1. The lowest BCUT2D eigenvalue weighted by Crippen LogP contribution is -2.64. The molecule has 158 valence electrons. The van der Waals surface area contributed by atoms with Crippen molar-refractivity contribution in [3.63, 3.8) is 0 Å². The van der Waals surface area contributed by atoms with Crippen molar-refractivity contribution in [3.05, 3.63) is 47.8 Å². The van der Waals surface area contributed by atoms with Crippen LogP contribution in [-0.4, -0.2) is 34.2 Å². The first kappa shape index (κ1) is 24.4. The number of rotatable bonds is 8. The van der Waals surface area contributed by atoms with Gasteiger partial charge in [-0.05, 0) is 39.8 Å². The topological polar surface area (TPSA) is 61.4 Å². The normalized spacial score (nSPS) is 16.2. The van der Waals surface area contributed by atoms with Gasteiger partial charge in [0.1, 0.15) is 10.6 Å². The smallest absolute Gasteiger partial charge is 0.330 e. The van der Waals surface area contributed by atoms with Gasteiger partial charge in [-0.3, -0.25) is 0 Å². The molecule has 0 amide bonds. The second-order valence-corrected chi connectivity index (χ2v) is 8.75. The van der Waals surface area contributed by atoms with Crippen molar-refractivity contribution in [3.8, 4) is 0 Å². The molecule has 1 rings (SSSR count). The van der Waals surface area contributed by atoms with E-state index in [2.05, 4.69) is 4.74 Å². The Morgan fingerprint density at radius 3 is 2.32 bits per heavy atom. The first-order valence-electron chi connectivity index (χ1n) is 8.26. The summed E-state index contributed by atoms with van der Waals surface area (Å²) in [6.45, 7) is 5.44. The van der Waals surface area contributed by atoms with Gasteiger partial charge in [-0.2, -0.15) is 8.78 Å². The van der Waals surface area contributed by atoms with E-state index in [-0.39, 0.29) is 18.8 Å². The van der Waals surface area contributed by atoms with E-state index in [1.165, 1.54) is 27.7 Å². The first-order valence-corrected chi connectivity index (χ1v) is 9.41. The summed E-state index contributed by atoms with van der Waals surface area (Å²) < 4.78 is 90.2. The first-order chi connectivity index (χ1) is 12.8. The van der Waals surface area contributed by atoms with Crippen LogP contribution in [0.15, 0.2) is 36.4 Å². The van der Waals surface area contributed by atoms with Crippen molar-refractivity contribution >= 4 is 17.3 Å². The average Bonchev–Trinajstić information content (AvgIpc) is 2.57. The van der Waals surface area contributed by atoms with E-state index in [9.17, 15) is 22.5 Å².